The highest BCUT2D eigenvalue weighted by Crippen LogP contribution is 2.22. The second kappa shape index (κ2) is 4.41. The number of hydrogen-bond acceptors (Lipinski definition) is 6. The van der Waals surface area contributed by atoms with E-state index in [-0.39, 0.29) is 6.61 Å². The summed E-state index contributed by atoms with van der Waals surface area (Å²) in [5.74, 6) is 0. The molecule has 4 unspecified atom stereocenters. The van der Waals surface area contributed by atoms with E-state index in [1.807, 2.05) is 4.98 Å². The monoisotopic (exact) mass is 244 g/mol. The van der Waals surface area contributed by atoms with Gasteiger partial charge in [0.05, 0.1) is 6.61 Å². The summed E-state index contributed by atoms with van der Waals surface area (Å²) >= 11 is 0. The summed E-state index contributed by atoms with van der Waals surface area (Å²) in [5.41, 5.74) is -1.33. The molecule has 1 saturated heterocycles. The minimum Gasteiger partial charge on any atom is -0.388 e. The third-order valence-electron chi connectivity index (χ3n) is 2.60. The maximum absolute atomic E-state index is 11.4. The Morgan fingerprint density at radius 2 is 2.00 bits per heavy atom. The van der Waals surface area contributed by atoms with Crippen LogP contribution in [-0.2, 0) is 4.74 Å². The Labute approximate surface area is 94.7 Å². The second-order valence-corrected chi connectivity index (χ2v) is 3.79. The van der Waals surface area contributed by atoms with Crippen LogP contribution in [0.25, 0.3) is 0 Å². The number of aliphatic hydroxyl groups excluding tert-OH is 3. The molecule has 8 heteroatoms. The summed E-state index contributed by atoms with van der Waals surface area (Å²) in [5, 5.41) is 28.4. The first-order valence-corrected chi connectivity index (χ1v) is 4.98. The van der Waals surface area contributed by atoms with Gasteiger partial charge in [-0.3, -0.25) is 14.3 Å². The number of ether oxygens (including phenoxy) is 1. The van der Waals surface area contributed by atoms with Gasteiger partial charge in [0.2, 0.25) is 0 Å². The topological polar surface area (TPSA) is 125 Å². The zero-order valence-corrected chi connectivity index (χ0v) is 8.68. The highest BCUT2D eigenvalue weighted by atomic mass is 16.5. The lowest BCUT2D eigenvalue weighted by molar-refractivity contribution is -0.212. The largest absolute Gasteiger partial charge is 0.388 e. The molecule has 0 aromatic carbocycles. The molecule has 2 rings (SSSR count). The van der Waals surface area contributed by atoms with Gasteiger partial charge in [-0.25, -0.2) is 4.79 Å². The maximum Gasteiger partial charge on any atom is 0.330 e. The van der Waals surface area contributed by atoms with Crippen LogP contribution in [0.1, 0.15) is 6.23 Å². The molecule has 8 nitrogen and oxygen atoms in total. The molecular weight excluding hydrogens is 232 g/mol. The predicted molar refractivity (Wildman–Crippen MR) is 54.3 cm³/mol. The number of hydrogen-bond donors (Lipinski definition) is 4. The summed E-state index contributed by atoms with van der Waals surface area (Å²) < 4.78 is 6.01. The normalized spacial score (nSPS) is 33.6. The van der Waals surface area contributed by atoms with E-state index in [1.54, 1.807) is 0 Å². The number of H-pyrrole nitrogens is 1. The van der Waals surface area contributed by atoms with E-state index in [4.69, 9.17) is 4.74 Å². The van der Waals surface area contributed by atoms with E-state index >= 15 is 0 Å². The lowest BCUT2D eigenvalue weighted by atomic mass is 10.0. The third kappa shape index (κ3) is 2.15. The molecule has 2 heterocycles. The van der Waals surface area contributed by atoms with Crippen molar-refractivity contribution in [3.8, 4) is 0 Å². The van der Waals surface area contributed by atoms with Gasteiger partial charge in [0.1, 0.15) is 18.3 Å². The first kappa shape index (κ1) is 12.0. The maximum atomic E-state index is 11.4. The first-order chi connectivity index (χ1) is 8.00. The molecule has 0 aliphatic carbocycles. The summed E-state index contributed by atoms with van der Waals surface area (Å²) in [4.78, 5) is 24.3. The summed E-state index contributed by atoms with van der Waals surface area (Å²) in [7, 11) is 0. The van der Waals surface area contributed by atoms with Crippen molar-refractivity contribution in [2.24, 2.45) is 0 Å². The van der Waals surface area contributed by atoms with E-state index < -0.39 is 35.8 Å². The van der Waals surface area contributed by atoms with Gasteiger partial charge in [0.25, 0.3) is 5.56 Å². The molecule has 17 heavy (non-hydrogen) atoms. The van der Waals surface area contributed by atoms with Gasteiger partial charge < -0.3 is 20.1 Å². The fraction of sp³-hybridized carbons (Fsp3) is 0.556. The Morgan fingerprint density at radius 3 is 2.65 bits per heavy atom. The molecule has 1 aliphatic rings. The Bertz CT molecular complexity index is 509. The molecule has 0 spiro atoms. The summed E-state index contributed by atoms with van der Waals surface area (Å²) in [6.45, 7) is -0.214. The SMILES string of the molecule is O=c1ccn(C2OCC(O)C(O)C2O)c(=O)[nH]1. The molecule has 0 saturated carbocycles. The van der Waals surface area contributed by atoms with Crippen molar-refractivity contribution < 1.29 is 20.1 Å². The third-order valence-corrected chi connectivity index (χ3v) is 2.60. The highest BCUT2D eigenvalue weighted by Gasteiger charge is 2.38. The molecule has 0 bridgehead atoms. The van der Waals surface area contributed by atoms with Gasteiger partial charge in [0.15, 0.2) is 6.23 Å². The minimum atomic E-state index is -1.46. The second-order valence-electron chi connectivity index (χ2n) is 3.79. The van der Waals surface area contributed by atoms with Crippen LogP contribution in [0.5, 0.6) is 0 Å². The van der Waals surface area contributed by atoms with Crippen LogP contribution in [0.3, 0.4) is 0 Å². The van der Waals surface area contributed by atoms with E-state index in [1.165, 1.54) is 0 Å². The summed E-state index contributed by atoms with van der Waals surface area (Å²) in [6.07, 6.45) is -4.06. The molecule has 1 aromatic heterocycles. The van der Waals surface area contributed by atoms with Crippen LogP contribution in [0, 0.1) is 0 Å². The Morgan fingerprint density at radius 1 is 1.29 bits per heavy atom. The minimum absolute atomic E-state index is 0.214. The van der Waals surface area contributed by atoms with Crippen molar-refractivity contribution >= 4 is 0 Å². The van der Waals surface area contributed by atoms with Crippen molar-refractivity contribution in [2.45, 2.75) is 24.5 Å². The molecule has 4 atom stereocenters. The lowest BCUT2D eigenvalue weighted by Gasteiger charge is -2.35. The van der Waals surface area contributed by atoms with Crippen LogP contribution >= 0.6 is 0 Å². The number of aromatic amines is 1. The first-order valence-electron chi connectivity index (χ1n) is 4.98. The van der Waals surface area contributed by atoms with E-state index in [0.717, 1.165) is 16.8 Å². The molecule has 0 radical (unpaired) electrons. The average Bonchev–Trinajstić information content (AvgIpc) is 2.28. The van der Waals surface area contributed by atoms with Crippen molar-refractivity contribution in [1.29, 1.82) is 0 Å². The van der Waals surface area contributed by atoms with E-state index in [2.05, 4.69) is 0 Å². The number of aliphatic hydroxyl groups is 3. The average molecular weight is 244 g/mol. The fourth-order valence-corrected chi connectivity index (χ4v) is 1.66. The molecular formula is C9H12N2O6. The van der Waals surface area contributed by atoms with E-state index in [0.29, 0.717) is 0 Å². The molecule has 1 aromatic rings. The van der Waals surface area contributed by atoms with Crippen LogP contribution in [0.2, 0.25) is 0 Å². The van der Waals surface area contributed by atoms with Crippen LogP contribution in [-0.4, -0.2) is 49.8 Å². The number of rotatable bonds is 1. The molecule has 0 amide bonds. The van der Waals surface area contributed by atoms with Gasteiger partial charge in [-0.2, -0.15) is 0 Å². The van der Waals surface area contributed by atoms with Gasteiger partial charge in [0, 0.05) is 12.3 Å². The van der Waals surface area contributed by atoms with Crippen LogP contribution < -0.4 is 11.2 Å². The standard InChI is InChI=1S/C9H12N2O6/c12-4-3-17-8(7(15)6(4)14)11-2-1-5(13)10-9(11)16/h1-2,4,6-8,12,14-15H,3H2,(H,10,13,16). The zero-order valence-electron chi connectivity index (χ0n) is 8.68. The van der Waals surface area contributed by atoms with Gasteiger partial charge in [-0.1, -0.05) is 0 Å². The fourth-order valence-electron chi connectivity index (χ4n) is 1.66. The quantitative estimate of drug-likeness (QED) is 0.421. The number of aromatic nitrogens is 2. The van der Waals surface area contributed by atoms with Crippen LogP contribution in [0.4, 0.5) is 0 Å². The van der Waals surface area contributed by atoms with Crippen molar-refractivity contribution in [3.63, 3.8) is 0 Å². The Kier molecular flexibility index (Phi) is 3.11. The van der Waals surface area contributed by atoms with E-state index in [9.17, 15) is 24.9 Å². The van der Waals surface area contributed by atoms with Crippen molar-refractivity contribution in [2.75, 3.05) is 6.61 Å². The zero-order chi connectivity index (χ0) is 12.6. The van der Waals surface area contributed by atoms with Gasteiger partial charge in [-0.15, -0.1) is 0 Å². The van der Waals surface area contributed by atoms with Gasteiger partial charge >= 0.3 is 5.69 Å². The highest BCUT2D eigenvalue weighted by molar-refractivity contribution is 4.90. The Balaban J connectivity index is 2.34. The smallest absolute Gasteiger partial charge is 0.330 e. The number of nitrogens with one attached hydrogen (secondary N) is 1. The van der Waals surface area contributed by atoms with Crippen molar-refractivity contribution in [1.82, 2.24) is 9.55 Å². The predicted octanol–water partition coefficient (Wildman–Crippen LogP) is -2.85. The van der Waals surface area contributed by atoms with Gasteiger partial charge in [-0.05, 0) is 0 Å². The molecule has 1 aliphatic heterocycles. The summed E-state index contributed by atoms with van der Waals surface area (Å²) in [6, 6.07) is 1.09. The molecule has 1 fully saturated rings. The molecule has 94 valence electrons. The van der Waals surface area contributed by atoms with Crippen molar-refractivity contribution in [3.05, 3.63) is 33.1 Å². The molecule has 4 N–H and O–H groups in total. The Hall–Kier alpha value is -1.48. The number of nitrogens with zero attached hydrogens (tertiary/aromatic N) is 1. The van der Waals surface area contributed by atoms with Crippen LogP contribution in [0.15, 0.2) is 21.9 Å². The lowest BCUT2D eigenvalue weighted by Crippen LogP contribution is -2.52.